The standard InChI is InChI=1S/C17H17ClFNOS/c18-14-6-1-2-7-16(14)22-17(15-11-20-8-9-21-15)12-4-3-5-13(19)10-12/h1-7,10,15,17,20H,8-9,11H2/t15-,17-/m1/s1. The van der Waals surface area contributed by atoms with Crippen LogP contribution in [-0.4, -0.2) is 25.8 Å². The van der Waals surface area contributed by atoms with Gasteiger partial charge in [-0.3, -0.25) is 0 Å². The third-order valence-electron chi connectivity index (χ3n) is 3.56. The molecule has 1 aliphatic heterocycles. The van der Waals surface area contributed by atoms with Crippen LogP contribution >= 0.6 is 23.4 Å². The van der Waals surface area contributed by atoms with E-state index in [2.05, 4.69) is 5.32 Å². The Kier molecular flexibility index (Phi) is 5.37. The van der Waals surface area contributed by atoms with Crippen molar-refractivity contribution in [1.82, 2.24) is 5.32 Å². The van der Waals surface area contributed by atoms with Crippen molar-refractivity contribution in [2.24, 2.45) is 0 Å². The number of morpholine rings is 1. The molecule has 2 atom stereocenters. The Hall–Kier alpha value is -1.07. The van der Waals surface area contributed by atoms with Crippen LogP contribution in [-0.2, 0) is 4.74 Å². The Bertz CT molecular complexity index is 634. The molecule has 2 aromatic carbocycles. The lowest BCUT2D eigenvalue weighted by molar-refractivity contribution is 0.0273. The van der Waals surface area contributed by atoms with Gasteiger partial charge in [-0.25, -0.2) is 4.39 Å². The lowest BCUT2D eigenvalue weighted by atomic mass is 10.1. The molecule has 5 heteroatoms. The number of hydrogen-bond donors (Lipinski definition) is 1. The molecular formula is C17H17ClFNOS. The van der Waals surface area contributed by atoms with Crippen molar-refractivity contribution >= 4 is 23.4 Å². The SMILES string of the molecule is Fc1cccc([C@@H](Sc2ccccc2Cl)[C@H]2CNCCO2)c1. The fourth-order valence-electron chi connectivity index (χ4n) is 2.50. The number of rotatable bonds is 4. The first-order valence-corrected chi connectivity index (χ1v) is 8.49. The molecule has 0 aromatic heterocycles. The number of benzene rings is 2. The van der Waals surface area contributed by atoms with Crippen molar-refractivity contribution in [2.75, 3.05) is 19.7 Å². The van der Waals surface area contributed by atoms with Gasteiger partial charge in [0.2, 0.25) is 0 Å². The topological polar surface area (TPSA) is 21.3 Å². The van der Waals surface area contributed by atoms with Gasteiger partial charge in [0.05, 0.1) is 23.0 Å². The number of hydrogen-bond acceptors (Lipinski definition) is 3. The Morgan fingerprint density at radius 3 is 2.82 bits per heavy atom. The van der Waals surface area contributed by atoms with Crippen LogP contribution in [0.25, 0.3) is 0 Å². The van der Waals surface area contributed by atoms with E-state index in [1.807, 2.05) is 30.3 Å². The van der Waals surface area contributed by atoms with E-state index in [4.69, 9.17) is 16.3 Å². The zero-order valence-corrected chi connectivity index (χ0v) is 13.5. The van der Waals surface area contributed by atoms with E-state index in [-0.39, 0.29) is 17.2 Å². The maximum Gasteiger partial charge on any atom is 0.123 e. The minimum absolute atomic E-state index is 0.0107. The highest BCUT2D eigenvalue weighted by atomic mass is 35.5. The maximum atomic E-state index is 13.6. The van der Waals surface area contributed by atoms with Crippen molar-refractivity contribution in [3.63, 3.8) is 0 Å². The minimum Gasteiger partial charge on any atom is -0.374 e. The molecule has 1 saturated heterocycles. The van der Waals surface area contributed by atoms with Gasteiger partial charge in [-0.15, -0.1) is 11.8 Å². The molecule has 1 N–H and O–H groups in total. The molecule has 0 bridgehead atoms. The summed E-state index contributed by atoms with van der Waals surface area (Å²) >= 11 is 7.89. The van der Waals surface area contributed by atoms with Crippen LogP contribution in [0, 0.1) is 5.82 Å². The van der Waals surface area contributed by atoms with E-state index < -0.39 is 0 Å². The molecule has 1 fully saturated rings. The van der Waals surface area contributed by atoms with Crippen LogP contribution in [0.3, 0.4) is 0 Å². The highest BCUT2D eigenvalue weighted by molar-refractivity contribution is 7.99. The van der Waals surface area contributed by atoms with Crippen LogP contribution in [0.1, 0.15) is 10.8 Å². The molecule has 0 spiro atoms. The lowest BCUT2D eigenvalue weighted by Gasteiger charge is -2.31. The highest BCUT2D eigenvalue weighted by Gasteiger charge is 2.27. The van der Waals surface area contributed by atoms with E-state index in [0.717, 1.165) is 23.5 Å². The summed E-state index contributed by atoms with van der Waals surface area (Å²) in [6.07, 6.45) is -0.0168. The smallest absolute Gasteiger partial charge is 0.123 e. The predicted octanol–water partition coefficient (Wildman–Crippen LogP) is 4.30. The van der Waals surface area contributed by atoms with Gasteiger partial charge in [-0.1, -0.05) is 35.9 Å². The average molecular weight is 338 g/mol. The monoisotopic (exact) mass is 337 g/mol. The first kappa shape index (κ1) is 15.8. The Morgan fingerprint density at radius 1 is 1.23 bits per heavy atom. The number of ether oxygens (including phenoxy) is 1. The lowest BCUT2D eigenvalue weighted by Crippen LogP contribution is -2.41. The normalized spacial score (nSPS) is 19.8. The molecule has 0 aliphatic carbocycles. The summed E-state index contributed by atoms with van der Waals surface area (Å²) in [5.41, 5.74) is 0.915. The van der Waals surface area contributed by atoms with Crippen molar-refractivity contribution < 1.29 is 9.13 Å². The van der Waals surface area contributed by atoms with Gasteiger partial charge in [0, 0.05) is 18.0 Å². The van der Waals surface area contributed by atoms with E-state index in [9.17, 15) is 4.39 Å². The van der Waals surface area contributed by atoms with Crippen molar-refractivity contribution in [3.05, 3.63) is 64.9 Å². The fraction of sp³-hybridized carbons (Fsp3) is 0.294. The Labute approximate surface area is 139 Å². The molecule has 0 unspecified atom stereocenters. The second-order valence-corrected chi connectivity index (χ2v) is 6.73. The van der Waals surface area contributed by atoms with E-state index in [0.29, 0.717) is 11.6 Å². The summed E-state index contributed by atoms with van der Waals surface area (Å²) < 4.78 is 19.5. The number of nitrogens with one attached hydrogen (secondary N) is 1. The van der Waals surface area contributed by atoms with Gasteiger partial charge in [-0.2, -0.15) is 0 Å². The third kappa shape index (κ3) is 3.82. The van der Waals surface area contributed by atoms with Crippen LogP contribution in [0.15, 0.2) is 53.4 Å². The second-order valence-electron chi connectivity index (χ2n) is 5.14. The van der Waals surface area contributed by atoms with E-state index in [1.165, 1.54) is 6.07 Å². The highest BCUT2D eigenvalue weighted by Crippen LogP contribution is 2.42. The summed E-state index contributed by atoms with van der Waals surface area (Å²) in [6.45, 7) is 2.27. The van der Waals surface area contributed by atoms with Gasteiger partial charge < -0.3 is 10.1 Å². The molecule has 0 amide bonds. The molecule has 1 heterocycles. The first-order valence-electron chi connectivity index (χ1n) is 7.23. The summed E-state index contributed by atoms with van der Waals surface area (Å²) in [5, 5.41) is 4.03. The van der Waals surface area contributed by atoms with E-state index in [1.54, 1.807) is 23.9 Å². The molecule has 2 nitrogen and oxygen atoms in total. The molecule has 116 valence electrons. The van der Waals surface area contributed by atoms with Crippen LogP contribution < -0.4 is 5.32 Å². The summed E-state index contributed by atoms with van der Waals surface area (Å²) in [5.74, 6) is -0.231. The third-order valence-corrected chi connectivity index (χ3v) is 5.44. The summed E-state index contributed by atoms with van der Waals surface area (Å²) in [7, 11) is 0. The fourth-order valence-corrected chi connectivity index (χ4v) is 3.99. The van der Waals surface area contributed by atoms with Crippen LogP contribution in [0.5, 0.6) is 0 Å². The molecule has 3 rings (SSSR count). The quantitative estimate of drug-likeness (QED) is 0.840. The van der Waals surface area contributed by atoms with Crippen LogP contribution in [0.2, 0.25) is 5.02 Å². The van der Waals surface area contributed by atoms with Crippen molar-refractivity contribution in [2.45, 2.75) is 16.2 Å². The average Bonchev–Trinajstić information content (AvgIpc) is 2.55. The van der Waals surface area contributed by atoms with Gasteiger partial charge in [0.1, 0.15) is 5.82 Å². The largest absolute Gasteiger partial charge is 0.374 e. The molecular weight excluding hydrogens is 321 g/mol. The zero-order chi connectivity index (χ0) is 15.4. The predicted molar refractivity (Wildman–Crippen MR) is 89.1 cm³/mol. The second kappa shape index (κ2) is 7.47. The number of halogens is 2. The molecule has 1 aliphatic rings. The van der Waals surface area contributed by atoms with E-state index >= 15 is 0 Å². The molecule has 0 saturated carbocycles. The minimum atomic E-state index is -0.231. The molecule has 2 aromatic rings. The first-order chi connectivity index (χ1) is 10.7. The van der Waals surface area contributed by atoms with Crippen molar-refractivity contribution in [1.29, 1.82) is 0 Å². The summed E-state index contributed by atoms with van der Waals surface area (Å²) in [4.78, 5) is 0.979. The van der Waals surface area contributed by atoms with Gasteiger partial charge in [-0.05, 0) is 29.8 Å². The zero-order valence-electron chi connectivity index (χ0n) is 12.0. The van der Waals surface area contributed by atoms with Gasteiger partial charge in [0.15, 0.2) is 0 Å². The Morgan fingerprint density at radius 2 is 2.09 bits per heavy atom. The van der Waals surface area contributed by atoms with Crippen LogP contribution in [0.4, 0.5) is 4.39 Å². The molecule has 0 radical (unpaired) electrons. The Balaban J connectivity index is 1.90. The summed E-state index contributed by atoms with van der Waals surface area (Å²) in [6, 6.07) is 14.4. The van der Waals surface area contributed by atoms with Crippen molar-refractivity contribution in [3.8, 4) is 0 Å². The molecule has 22 heavy (non-hydrogen) atoms. The number of thioether (sulfide) groups is 1. The van der Waals surface area contributed by atoms with Gasteiger partial charge in [0.25, 0.3) is 0 Å². The van der Waals surface area contributed by atoms with Gasteiger partial charge >= 0.3 is 0 Å². The maximum absolute atomic E-state index is 13.6.